The van der Waals surface area contributed by atoms with Crippen LogP contribution in [0.1, 0.15) is 41.6 Å². The van der Waals surface area contributed by atoms with E-state index in [4.69, 9.17) is 5.73 Å². The molecule has 1 aromatic rings. The fourth-order valence-electron chi connectivity index (χ4n) is 2.70. The van der Waals surface area contributed by atoms with Gasteiger partial charge in [0.1, 0.15) is 0 Å². The first kappa shape index (κ1) is 16.9. The van der Waals surface area contributed by atoms with Crippen LogP contribution in [0.15, 0.2) is 23.1 Å². The number of ether oxygens (including phenoxy) is 1. The van der Waals surface area contributed by atoms with Crippen LogP contribution in [-0.2, 0) is 14.8 Å². The van der Waals surface area contributed by atoms with E-state index >= 15 is 0 Å². The van der Waals surface area contributed by atoms with E-state index in [1.165, 1.54) is 13.2 Å². The van der Waals surface area contributed by atoms with Crippen LogP contribution in [0, 0.1) is 6.92 Å². The second-order valence-electron chi connectivity index (χ2n) is 5.65. The molecule has 22 heavy (non-hydrogen) atoms. The van der Waals surface area contributed by atoms with Gasteiger partial charge in [-0.25, -0.2) is 17.9 Å². The zero-order valence-corrected chi connectivity index (χ0v) is 13.7. The van der Waals surface area contributed by atoms with Crippen LogP contribution in [0.5, 0.6) is 0 Å². The summed E-state index contributed by atoms with van der Waals surface area (Å²) in [6, 6.07) is 4.05. The molecule has 1 aliphatic rings. The Labute approximate surface area is 131 Å². The van der Waals surface area contributed by atoms with Crippen LogP contribution in [-0.4, -0.2) is 33.6 Å². The molecule has 7 heteroatoms. The summed E-state index contributed by atoms with van der Waals surface area (Å²) in [7, 11) is -2.47. The molecule has 1 fully saturated rings. The largest absolute Gasteiger partial charge is 0.465 e. The fourth-order valence-corrected chi connectivity index (χ4v) is 4.30. The molecule has 0 saturated heterocycles. The van der Waals surface area contributed by atoms with Crippen molar-refractivity contribution in [3.8, 4) is 0 Å². The monoisotopic (exact) mass is 326 g/mol. The Morgan fingerprint density at radius 1 is 1.32 bits per heavy atom. The van der Waals surface area contributed by atoms with Crippen molar-refractivity contribution >= 4 is 16.0 Å². The summed E-state index contributed by atoms with van der Waals surface area (Å²) in [5.41, 5.74) is 6.78. The molecule has 0 aliphatic heterocycles. The van der Waals surface area contributed by atoms with Gasteiger partial charge in [0.2, 0.25) is 10.0 Å². The third-order valence-corrected chi connectivity index (χ3v) is 5.66. The summed E-state index contributed by atoms with van der Waals surface area (Å²) in [4.78, 5) is 11.7. The van der Waals surface area contributed by atoms with E-state index in [9.17, 15) is 13.2 Å². The van der Waals surface area contributed by atoms with Crippen molar-refractivity contribution in [1.29, 1.82) is 0 Å². The van der Waals surface area contributed by atoms with E-state index in [2.05, 4.69) is 9.46 Å². The van der Waals surface area contributed by atoms with Gasteiger partial charge in [-0.2, -0.15) is 0 Å². The molecule has 1 saturated carbocycles. The molecule has 0 spiro atoms. The number of aryl methyl sites for hydroxylation is 1. The van der Waals surface area contributed by atoms with Gasteiger partial charge in [-0.3, -0.25) is 0 Å². The minimum atomic E-state index is -3.73. The molecule has 122 valence electrons. The summed E-state index contributed by atoms with van der Waals surface area (Å²) >= 11 is 0. The maximum Gasteiger partial charge on any atom is 0.337 e. The highest BCUT2D eigenvalue weighted by Gasteiger charge is 2.28. The molecular formula is C15H22N2O4S. The Balaban J connectivity index is 2.30. The zero-order chi connectivity index (χ0) is 16.3. The number of carbonyl (C=O) groups is 1. The van der Waals surface area contributed by atoms with E-state index in [1.54, 1.807) is 19.1 Å². The molecule has 2 rings (SSSR count). The van der Waals surface area contributed by atoms with E-state index < -0.39 is 16.0 Å². The summed E-state index contributed by atoms with van der Waals surface area (Å²) in [5, 5.41) is 0. The average molecular weight is 326 g/mol. The number of hydrogen-bond acceptors (Lipinski definition) is 5. The third kappa shape index (κ3) is 3.66. The van der Waals surface area contributed by atoms with Crippen LogP contribution in [0.4, 0.5) is 0 Å². The van der Waals surface area contributed by atoms with Crippen molar-refractivity contribution in [2.75, 3.05) is 7.11 Å². The van der Waals surface area contributed by atoms with Crippen LogP contribution in [0.25, 0.3) is 0 Å². The smallest absolute Gasteiger partial charge is 0.337 e. The van der Waals surface area contributed by atoms with Crippen LogP contribution >= 0.6 is 0 Å². The first-order valence-corrected chi connectivity index (χ1v) is 8.80. The van der Waals surface area contributed by atoms with Gasteiger partial charge in [-0.05, 0) is 37.5 Å². The maximum absolute atomic E-state index is 12.6. The van der Waals surface area contributed by atoms with Gasteiger partial charge in [0.25, 0.3) is 0 Å². The minimum Gasteiger partial charge on any atom is -0.465 e. The van der Waals surface area contributed by atoms with Crippen molar-refractivity contribution in [3.63, 3.8) is 0 Å². The fraction of sp³-hybridized carbons (Fsp3) is 0.533. The van der Waals surface area contributed by atoms with Crippen LogP contribution in [0.2, 0.25) is 0 Å². The summed E-state index contributed by atoms with van der Waals surface area (Å²) < 4.78 is 32.5. The normalized spacial score (nSPS) is 22.3. The van der Waals surface area contributed by atoms with Crippen LogP contribution in [0.3, 0.4) is 0 Å². The Morgan fingerprint density at radius 3 is 2.64 bits per heavy atom. The molecule has 1 aromatic carbocycles. The zero-order valence-electron chi connectivity index (χ0n) is 12.8. The predicted molar refractivity (Wildman–Crippen MR) is 83.1 cm³/mol. The number of nitrogens with two attached hydrogens (primary N) is 1. The Kier molecular flexibility index (Phi) is 5.20. The molecule has 1 aliphatic carbocycles. The highest BCUT2D eigenvalue weighted by molar-refractivity contribution is 7.89. The SMILES string of the molecule is COC(=O)c1ccc(C)c(S(=O)(=O)N[C@@H]2CCCC[C@H]2N)c1. The topological polar surface area (TPSA) is 98.5 Å². The molecule has 2 atom stereocenters. The molecule has 0 bridgehead atoms. The van der Waals surface area contributed by atoms with Crippen molar-refractivity contribution in [1.82, 2.24) is 4.72 Å². The number of hydrogen-bond donors (Lipinski definition) is 2. The van der Waals surface area contributed by atoms with Crippen molar-refractivity contribution < 1.29 is 17.9 Å². The van der Waals surface area contributed by atoms with Crippen molar-refractivity contribution in [2.24, 2.45) is 5.73 Å². The standard InChI is InChI=1S/C15H22N2O4S/c1-10-7-8-11(15(18)21-2)9-14(10)22(19,20)17-13-6-4-3-5-12(13)16/h7-9,12-13,17H,3-6,16H2,1-2H3/t12-,13-/m1/s1. The summed E-state index contributed by atoms with van der Waals surface area (Å²) in [6.45, 7) is 1.69. The Hall–Kier alpha value is -1.44. The van der Waals surface area contributed by atoms with E-state index in [0.717, 1.165) is 25.7 Å². The van der Waals surface area contributed by atoms with Gasteiger partial charge in [-0.15, -0.1) is 0 Å². The lowest BCUT2D eigenvalue weighted by atomic mass is 9.92. The highest BCUT2D eigenvalue weighted by Crippen LogP contribution is 2.22. The summed E-state index contributed by atoms with van der Waals surface area (Å²) in [6.07, 6.45) is 3.53. The quantitative estimate of drug-likeness (QED) is 0.813. The summed E-state index contributed by atoms with van der Waals surface area (Å²) in [5.74, 6) is -0.564. The molecule has 6 nitrogen and oxygen atoms in total. The molecule has 0 unspecified atom stereocenters. The lowest BCUT2D eigenvalue weighted by Gasteiger charge is -2.29. The van der Waals surface area contributed by atoms with Crippen molar-refractivity contribution in [2.45, 2.75) is 49.6 Å². The van der Waals surface area contributed by atoms with Gasteiger partial charge in [-0.1, -0.05) is 18.9 Å². The number of sulfonamides is 1. The molecule has 0 radical (unpaired) electrons. The Bertz CT molecular complexity index is 658. The molecule has 0 heterocycles. The number of esters is 1. The maximum atomic E-state index is 12.6. The highest BCUT2D eigenvalue weighted by atomic mass is 32.2. The second kappa shape index (κ2) is 6.76. The number of carbonyl (C=O) groups excluding carboxylic acids is 1. The number of nitrogens with one attached hydrogen (secondary N) is 1. The van der Waals surface area contributed by atoms with Gasteiger partial charge in [0, 0.05) is 12.1 Å². The van der Waals surface area contributed by atoms with Crippen molar-refractivity contribution in [3.05, 3.63) is 29.3 Å². The first-order valence-electron chi connectivity index (χ1n) is 7.32. The van der Waals surface area contributed by atoms with E-state index in [0.29, 0.717) is 5.56 Å². The molecule has 0 aromatic heterocycles. The molecule has 3 N–H and O–H groups in total. The molecule has 0 amide bonds. The van der Waals surface area contributed by atoms with E-state index in [1.807, 2.05) is 0 Å². The lowest BCUT2D eigenvalue weighted by Crippen LogP contribution is -2.49. The average Bonchev–Trinajstić information content (AvgIpc) is 2.49. The predicted octanol–water partition coefficient (Wildman–Crippen LogP) is 1.33. The van der Waals surface area contributed by atoms with E-state index in [-0.39, 0.29) is 22.5 Å². The van der Waals surface area contributed by atoms with Gasteiger partial charge in [0.15, 0.2) is 0 Å². The minimum absolute atomic E-state index is 0.0909. The molecular weight excluding hydrogens is 304 g/mol. The van der Waals surface area contributed by atoms with Gasteiger partial charge in [0.05, 0.1) is 17.6 Å². The lowest BCUT2D eigenvalue weighted by molar-refractivity contribution is 0.0600. The van der Waals surface area contributed by atoms with Gasteiger partial charge >= 0.3 is 5.97 Å². The Morgan fingerprint density at radius 2 is 2.00 bits per heavy atom. The number of rotatable bonds is 4. The number of benzene rings is 1. The number of methoxy groups -OCH3 is 1. The first-order chi connectivity index (χ1) is 10.3. The van der Waals surface area contributed by atoms with Crippen LogP contribution < -0.4 is 10.5 Å². The van der Waals surface area contributed by atoms with Gasteiger partial charge < -0.3 is 10.5 Å². The second-order valence-corrected chi connectivity index (χ2v) is 7.33. The third-order valence-electron chi connectivity index (χ3n) is 4.02.